The number of rotatable bonds is 6. The van der Waals surface area contributed by atoms with Gasteiger partial charge in [0.25, 0.3) is 5.91 Å². The summed E-state index contributed by atoms with van der Waals surface area (Å²) in [7, 11) is 0. The SMILES string of the molecule is CC(Oc1cccc(Cl)c1)C(=O)Nc1ccc(OCC(F)(F)F)cc1. The molecule has 8 heteroatoms. The van der Waals surface area contributed by atoms with Gasteiger partial charge in [0.2, 0.25) is 0 Å². The molecule has 0 radical (unpaired) electrons. The number of ether oxygens (including phenoxy) is 2. The maximum Gasteiger partial charge on any atom is 0.422 e. The van der Waals surface area contributed by atoms with Gasteiger partial charge in [-0.2, -0.15) is 13.2 Å². The fraction of sp³-hybridized carbons (Fsp3) is 0.235. The summed E-state index contributed by atoms with van der Waals surface area (Å²) in [5, 5.41) is 3.09. The number of hydrogen-bond acceptors (Lipinski definition) is 3. The highest BCUT2D eigenvalue weighted by Gasteiger charge is 2.28. The number of anilines is 1. The van der Waals surface area contributed by atoms with Crippen molar-refractivity contribution in [3.63, 3.8) is 0 Å². The fourth-order valence-electron chi connectivity index (χ4n) is 1.84. The minimum Gasteiger partial charge on any atom is -0.484 e. The van der Waals surface area contributed by atoms with Crippen LogP contribution in [0, 0.1) is 0 Å². The zero-order chi connectivity index (χ0) is 18.4. The van der Waals surface area contributed by atoms with Crippen molar-refractivity contribution in [2.45, 2.75) is 19.2 Å². The van der Waals surface area contributed by atoms with Crippen LogP contribution in [0.4, 0.5) is 18.9 Å². The van der Waals surface area contributed by atoms with E-state index in [0.717, 1.165) is 0 Å². The number of carbonyl (C=O) groups is 1. The molecule has 0 fully saturated rings. The second kappa shape index (κ2) is 8.11. The third-order valence-corrected chi connectivity index (χ3v) is 3.24. The normalized spacial score (nSPS) is 12.4. The van der Waals surface area contributed by atoms with Gasteiger partial charge < -0.3 is 14.8 Å². The van der Waals surface area contributed by atoms with Crippen molar-refractivity contribution in [2.24, 2.45) is 0 Å². The van der Waals surface area contributed by atoms with Gasteiger partial charge in [0.1, 0.15) is 11.5 Å². The second-order valence-corrected chi connectivity index (χ2v) is 5.57. The Hall–Kier alpha value is -2.41. The largest absolute Gasteiger partial charge is 0.484 e. The van der Waals surface area contributed by atoms with Crippen molar-refractivity contribution in [3.8, 4) is 11.5 Å². The summed E-state index contributed by atoms with van der Waals surface area (Å²) in [4.78, 5) is 12.1. The number of alkyl halides is 3. The van der Waals surface area contributed by atoms with Crippen molar-refractivity contribution < 1.29 is 27.4 Å². The van der Waals surface area contributed by atoms with E-state index in [1.807, 2.05) is 0 Å². The molecule has 0 bridgehead atoms. The van der Waals surface area contributed by atoms with Gasteiger partial charge in [-0.1, -0.05) is 17.7 Å². The second-order valence-electron chi connectivity index (χ2n) is 5.13. The highest BCUT2D eigenvalue weighted by Crippen LogP contribution is 2.21. The molecule has 1 unspecified atom stereocenters. The molecule has 1 atom stereocenters. The molecule has 0 aliphatic rings. The summed E-state index contributed by atoms with van der Waals surface area (Å²) in [5.74, 6) is 0.0912. The average Bonchev–Trinajstić information content (AvgIpc) is 2.53. The summed E-state index contributed by atoms with van der Waals surface area (Å²) in [5.41, 5.74) is 0.408. The summed E-state index contributed by atoms with van der Waals surface area (Å²) >= 11 is 5.84. The third-order valence-electron chi connectivity index (χ3n) is 3.00. The fourth-order valence-corrected chi connectivity index (χ4v) is 2.02. The Balaban J connectivity index is 1.89. The van der Waals surface area contributed by atoms with Crippen molar-refractivity contribution in [1.29, 1.82) is 0 Å². The Bertz CT molecular complexity index is 720. The lowest BCUT2D eigenvalue weighted by Gasteiger charge is -2.15. The molecule has 134 valence electrons. The molecule has 0 spiro atoms. The lowest BCUT2D eigenvalue weighted by Crippen LogP contribution is -2.30. The number of benzene rings is 2. The van der Waals surface area contributed by atoms with Crippen LogP contribution in [-0.2, 0) is 4.79 Å². The number of carbonyl (C=O) groups excluding carboxylic acids is 1. The van der Waals surface area contributed by atoms with Gasteiger partial charge in [-0.3, -0.25) is 4.79 Å². The van der Waals surface area contributed by atoms with E-state index >= 15 is 0 Å². The molecule has 4 nitrogen and oxygen atoms in total. The van der Waals surface area contributed by atoms with Crippen LogP contribution in [0.3, 0.4) is 0 Å². The Kier molecular flexibility index (Phi) is 6.14. The van der Waals surface area contributed by atoms with Gasteiger partial charge >= 0.3 is 6.18 Å². The maximum atomic E-state index is 12.1. The average molecular weight is 374 g/mol. The predicted molar refractivity (Wildman–Crippen MR) is 88.2 cm³/mol. The van der Waals surface area contributed by atoms with Crippen molar-refractivity contribution in [2.75, 3.05) is 11.9 Å². The lowest BCUT2D eigenvalue weighted by molar-refractivity contribution is -0.153. The maximum absolute atomic E-state index is 12.1. The minimum absolute atomic E-state index is 0.0542. The smallest absolute Gasteiger partial charge is 0.422 e. The summed E-state index contributed by atoms with van der Waals surface area (Å²) in [6.45, 7) is 0.195. The standard InChI is InChI=1S/C17H15ClF3NO3/c1-11(25-15-4-2-3-12(18)9-15)16(23)22-13-5-7-14(8-6-13)24-10-17(19,20)21/h2-9,11H,10H2,1H3,(H,22,23). The molecule has 25 heavy (non-hydrogen) atoms. The molecular weight excluding hydrogens is 359 g/mol. The number of halogens is 4. The summed E-state index contributed by atoms with van der Waals surface area (Å²) in [6.07, 6.45) is -5.19. The van der Waals surface area contributed by atoms with Crippen molar-refractivity contribution in [1.82, 2.24) is 0 Å². The predicted octanol–water partition coefficient (Wildman–Crippen LogP) is 4.69. The Labute approximate surface area is 147 Å². The first-order valence-electron chi connectivity index (χ1n) is 7.25. The Morgan fingerprint density at radius 3 is 2.44 bits per heavy atom. The first-order valence-corrected chi connectivity index (χ1v) is 7.63. The minimum atomic E-state index is -4.40. The molecule has 2 rings (SSSR count). The van der Waals surface area contributed by atoms with E-state index in [1.54, 1.807) is 31.2 Å². The van der Waals surface area contributed by atoms with Crippen molar-refractivity contribution >= 4 is 23.2 Å². The molecule has 0 heterocycles. The molecule has 0 saturated carbocycles. The van der Waals surface area contributed by atoms with Gasteiger partial charge in [0.15, 0.2) is 12.7 Å². The van der Waals surface area contributed by atoms with Crippen molar-refractivity contribution in [3.05, 3.63) is 53.6 Å². The van der Waals surface area contributed by atoms with E-state index in [4.69, 9.17) is 16.3 Å². The number of hydrogen-bond donors (Lipinski definition) is 1. The van der Waals surface area contributed by atoms with E-state index in [2.05, 4.69) is 10.1 Å². The number of amides is 1. The Morgan fingerprint density at radius 2 is 1.84 bits per heavy atom. The van der Waals surface area contributed by atoms with E-state index in [9.17, 15) is 18.0 Å². The molecule has 0 saturated heterocycles. The molecule has 1 amide bonds. The van der Waals surface area contributed by atoms with Gasteiger partial charge in [-0.15, -0.1) is 0 Å². The zero-order valence-electron chi connectivity index (χ0n) is 13.1. The van der Waals surface area contributed by atoms with Crippen LogP contribution in [0.15, 0.2) is 48.5 Å². The topological polar surface area (TPSA) is 47.6 Å². The first-order chi connectivity index (χ1) is 11.7. The van der Waals surface area contributed by atoms with E-state index < -0.39 is 24.8 Å². The van der Waals surface area contributed by atoms with Crippen LogP contribution in [0.25, 0.3) is 0 Å². The molecular formula is C17H15ClF3NO3. The molecule has 1 N–H and O–H groups in total. The van der Waals surface area contributed by atoms with Gasteiger partial charge in [-0.05, 0) is 49.4 Å². The van der Waals surface area contributed by atoms with Gasteiger partial charge in [-0.25, -0.2) is 0 Å². The van der Waals surface area contributed by atoms with E-state index in [1.165, 1.54) is 24.3 Å². The summed E-state index contributed by atoms with van der Waals surface area (Å²) in [6, 6.07) is 12.2. The lowest BCUT2D eigenvalue weighted by atomic mass is 10.2. The van der Waals surface area contributed by atoms with E-state index in [-0.39, 0.29) is 5.75 Å². The highest BCUT2D eigenvalue weighted by molar-refractivity contribution is 6.30. The van der Waals surface area contributed by atoms with Gasteiger partial charge in [0.05, 0.1) is 0 Å². The van der Waals surface area contributed by atoms with Crippen LogP contribution in [0.2, 0.25) is 5.02 Å². The van der Waals surface area contributed by atoms with Crippen LogP contribution in [0.5, 0.6) is 11.5 Å². The molecule has 0 aromatic heterocycles. The van der Waals surface area contributed by atoms with E-state index in [0.29, 0.717) is 16.5 Å². The zero-order valence-corrected chi connectivity index (χ0v) is 13.9. The quantitative estimate of drug-likeness (QED) is 0.799. The Morgan fingerprint density at radius 1 is 1.16 bits per heavy atom. The summed E-state index contributed by atoms with van der Waals surface area (Å²) < 4.78 is 46.3. The molecule has 0 aliphatic heterocycles. The van der Waals surface area contributed by atoms with Crippen LogP contribution in [-0.4, -0.2) is 24.8 Å². The third kappa shape index (κ3) is 6.54. The molecule has 2 aromatic carbocycles. The molecule has 0 aliphatic carbocycles. The molecule has 2 aromatic rings. The van der Waals surface area contributed by atoms with Gasteiger partial charge in [0, 0.05) is 10.7 Å². The monoisotopic (exact) mass is 373 g/mol. The highest BCUT2D eigenvalue weighted by atomic mass is 35.5. The van der Waals surface area contributed by atoms with Crippen LogP contribution >= 0.6 is 11.6 Å². The first kappa shape index (κ1) is 18.9. The van der Waals surface area contributed by atoms with Crippen LogP contribution in [0.1, 0.15) is 6.92 Å². The van der Waals surface area contributed by atoms with Crippen LogP contribution < -0.4 is 14.8 Å². The number of nitrogens with one attached hydrogen (secondary N) is 1.